The fraction of sp³-hybridized carbons (Fsp3) is 0.750. The monoisotopic (exact) mass is 252 g/mol. The molecule has 1 aliphatic carbocycles. The Hall–Kier alpha value is 0.330. The molecule has 0 aromatic rings. The van der Waals surface area contributed by atoms with Crippen molar-refractivity contribution in [1.82, 2.24) is 0 Å². The summed E-state index contributed by atoms with van der Waals surface area (Å²) in [5.41, 5.74) is 1.16. The van der Waals surface area contributed by atoms with Crippen LogP contribution in [0.15, 0.2) is 12.2 Å². The SMILES string of the molecule is C=C1CC(CS(=O)O)CCC1Br. The van der Waals surface area contributed by atoms with Crippen LogP contribution in [0.2, 0.25) is 0 Å². The number of allylic oxidation sites excluding steroid dienone is 1. The second-order valence-electron chi connectivity index (χ2n) is 3.26. The van der Waals surface area contributed by atoms with Crippen LogP contribution in [0, 0.1) is 5.92 Å². The van der Waals surface area contributed by atoms with Crippen LogP contribution in [0.25, 0.3) is 0 Å². The van der Waals surface area contributed by atoms with E-state index >= 15 is 0 Å². The molecule has 70 valence electrons. The average Bonchev–Trinajstić information content (AvgIpc) is 1.96. The summed E-state index contributed by atoms with van der Waals surface area (Å²) < 4.78 is 19.2. The highest BCUT2D eigenvalue weighted by Gasteiger charge is 2.23. The molecule has 0 aromatic heterocycles. The van der Waals surface area contributed by atoms with Crippen molar-refractivity contribution in [3.63, 3.8) is 0 Å². The maximum Gasteiger partial charge on any atom is 0.153 e. The van der Waals surface area contributed by atoms with Crippen molar-refractivity contribution < 1.29 is 8.76 Å². The van der Waals surface area contributed by atoms with Crippen molar-refractivity contribution in [3.05, 3.63) is 12.2 Å². The van der Waals surface area contributed by atoms with E-state index in [0.29, 0.717) is 16.5 Å². The highest BCUT2D eigenvalue weighted by atomic mass is 79.9. The van der Waals surface area contributed by atoms with Gasteiger partial charge in [-0.3, -0.25) is 0 Å². The first-order valence-electron chi connectivity index (χ1n) is 3.98. The van der Waals surface area contributed by atoms with Crippen LogP contribution in [0.5, 0.6) is 0 Å². The molecule has 0 spiro atoms. The van der Waals surface area contributed by atoms with Gasteiger partial charge >= 0.3 is 0 Å². The van der Waals surface area contributed by atoms with Crippen LogP contribution in [0.3, 0.4) is 0 Å². The molecule has 0 radical (unpaired) electrons. The van der Waals surface area contributed by atoms with Gasteiger partial charge in [0.05, 0.1) is 5.75 Å². The van der Waals surface area contributed by atoms with Crippen molar-refractivity contribution >= 4 is 27.0 Å². The predicted molar refractivity (Wildman–Crippen MR) is 54.8 cm³/mol. The number of halogens is 1. The Morgan fingerprint density at radius 3 is 2.83 bits per heavy atom. The van der Waals surface area contributed by atoms with Gasteiger partial charge in [0, 0.05) is 4.83 Å². The van der Waals surface area contributed by atoms with Gasteiger partial charge in [0.15, 0.2) is 11.1 Å². The smallest absolute Gasteiger partial charge is 0.153 e. The molecule has 0 aromatic carbocycles. The molecule has 0 bridgehead atoms. The zero-order valence-corrected chi connectivity index (χ0v) is 9.23. The minimum Gasteiger partial charge on any atom is -0.306 e. The van der Waals surface area contributed by atoms with Crippen LogP contribution in [0.1, 0.15) is 19.3 Å². The minimum atomic E-state index is -1.65. The number of alkyl halides is 1. The molecular weight excluding hydrogens is 240 g/mol. The first-order valence-corrected chi connectivity index (χ1v) is 6.18. The fourth-order valence-corrected chi connectivity index (χ4v) is 2.67. The molecule has 1 rings (SSSR count). The van der Waals surface area contributed by atoms with E-state index in [2.05, 4.69) is 22.5 Å². The first-order chi connectivity index (χ1) is 5.59. The lowest BCUT2D eigenvalue weighted by atomic mass is 9.87. The van der Waals surface area contributed by atoms with E-state index in [-0.39, 0.29) is 0 Å². The first kappa shape index (κ1) is 10.4. The molecule has 1 N–H and O–H groups in total. The summed E-state index contributed by atoms with van der Waals surface area (Å²) in [6.07, 6.45) is 2.96. The van der Waals surface area contributed by atoms with Gasteiger partial charge in [0.1, 0.15) is 0 Å². The molecular formula is C8H13BrO2S. The lowest BCUT2D eigenvalue weighted by molar-refractivity contribution is 0.453. The number of hydrogen-bond acceptors (Lipinski definition) is 1. The van der Waals surface area contributed by atoms with Crippen molar-refractivity contribution in [2.45, 2.75) is 24.1 Å². The second-order valence-corrected chi connectivity index (χ2v) is 5.34. The zero-order chi connectivity index (χ0) is 9.14. The van der Waals surface area contributed by atoms with Gasteiger partial charge in [0.2, 0.25) is 0 Å². The fourth-order valence-electron chi connectivity index (χ4n) is 1.53. The summed E-state index contributed by atoms with van der Waals surface area (Å²) in [4.78, 5) is 0.417. The van der Waals surface area contributed by atoms with Gasteiger partial charge in [-0.25, -0.2) is 4.21 Å². The highest BCUT2D eigenvalue weighted by Crippen LogP contribution is 2.32. The summed E-state index contributed by atoms with van der Waals surface area (Å²) in [5, 5.41) is 0. The Morgan fingerprint density at radius 2 is 2.33 bits per heavy atom. The van der Waals surface area contributed by atoms with E-state index in [0.717, 1.165) is 24.8 Å². The lowest BCUT2D eigenvalue weighted by Gasteiger charge is -2.26. The Balaban J connectivity index is 2.40. The molecule has 4 heteroatoms. The third-order valence-electron chi connectivity index (χ3n) is 2.20. The Labute approximate surface area is 83.8 Å². The standard InChI is InChI=1S/C8H13BrO2S/c1-6-4-7(5-12(10)11)2-3-8(6)9/h7-8H,1-5H2,(H,10,11). The number of hydrogen-bond donors (Lipinski definition) is 1. The van der Waals surface area contributed by atoms with Crippen molar-refractivity contribution in [2.75, 3.05) is 5.75 Å². The largest absolute Gasteiger partial charge is 0.306 e. The zero-order valence-electron chi connectivity index (χ0n) is 6.83. The molecule has 0 saturated heterocycles. The molecule has 0 heterocycles. The van der Waals surface area contributed by atoms with E-state index in [9.17, 15) is 4.21 Å². The van der Waals surface area contributed by atoms with Crippen molar-refractivity contribution in [2.24, 2.45) is 5.92 Å². The Kier molecular flexibility index (Phi) is 3.93. The van der Waals surface area contributed by atoms with Gasteiger partial charge < -0.3 is 4.55 Å². The Bertz CT molecular complexity index is 205. The summed E-state index contributed by atoms with van der Waals surface area (Å²) in [7, 11) is 0. The predicted octanol–water partition coefficient (Wildman–Crippen LogP) is 2.33. The number of rotatable bonds is 2. The van der Waals surface area contributed by atoms with E-state index < -0.39 is 11.1 Å². The van der Waals surface area contributed by atoms with E-state index in [1.54, 1.807) is 0 Å². The van der Waals surface area contributed by atoms with Crippen molar-refractivity contribution in [1.29, 1.82) is 0 Å². The maximum atomic E-state index is 10.5. The van der Waals surface area contributed by atoms with Gasteiger partial charge in [0.25, 0.3) is 0 Å². The molecule has 0 amide bonds. The maximum absolute atomic E-state index is 10.5. The third-order valence-corrected chi connectivity index (χ3v) is 4.06. The van der Waals surface area contributed by atoms with E-state index in [4.69, 9.17) is 4.55 Å². The molecule has 1 saturated carbocycles. The van der Waals surface area contributed by atoms with Gasteiger partial charge in [-0.15, -0.1) is 0 Å². The molecule has 1 fully saturated rings. The van der Waals surface area contributed by atoms with Gasteiger partial charge in [-0.05, 0) is 25.2 Å². The van der Waals surface area contributed by atoms with Crippen LogP contribution in [-0.2, 0) is 11.1 Å². The van der Waals surface area contributed by atoms with Crippen molar-refractivity contribution in [3.8, 4) is 0 Å². The molecule has 2 nitrogen and oxygen atoms in total. The quantitative estimate of drug-likeness (QED) is 0.466. The normalized spacial score (nSPS) is 33.3. The van der Waals surface area contributed by atoms with Gasteiger partial charge in [-0.2, -0.15) is 0 Å². The molecule has 3 atom stereocenters. The third kappa shape index (κ3) is 2.99. The van der Waals surface area contributed by atoms with Crippen LogP contribution < -0.4 is 0 Å². The van der Waals surface area contributed by atoms with E-state index in [1.807, 2.05) is 0 Å². The highest BCUT2D eigenvalue weighted by molar-refractivity contribution is 9.09. The lowest BCUT2D eigenvalue weighted by Crippen LogP contribution is -2.20. The van der Waals surface area contributed by atoms with Gasteiger partial charge in [-0.1, -0.05) is 28.1 Å². The minimum absolute atomic E-state index is 0.358. The molecule has 1 aliphatic rings. The van der Waals surface area contributed by atoms with Crippen LogP contribution in [0.4, 0.5) is 0 Å². The van der Waals surface area contributed by atoms with Crippen LogP contribution in [-0.4, -0.2) is 19.3 Å². The summed E-state index contributed by atoms with van der Waals surface area (Å²) in [6.45, 7) is 3.93. The molecule has 0 aliphatic heterocycles. The van der Waals surface area contributed by atoms with Crippen LogP contribution >= 0.6 is 15.9 Å². The average molecular weight is 253 g/mol. The summed E-state index contributed by atoms with van der Waals surface area (Å²) in [5.74, 6) is 0.760. The van der Waals surface area contributed by atoms with E-state index in [1.165, 1.54) is 0 Å². The topological polar surface area (TPSA) is 37.3 Å². The summed E-state index contributed by atoms with van der Waals surface area (Å²) in [6, 6.07) is 0. The Morgan fingerprint density at radius 1 is 1.67 bits per heavy atom. The molecule has 12 heavy (non-hydrogen) atoms. The summed E-state index contributed by atoms with van der Waals surface area (Å²) >= 11 is 1.86. The second kappa shape index (κ2) is 4.53. The molecule has 3 unspecified atom stereocenters.